The Kier molecular flexibility index (Phi) is 5.10. The molecule has 1 aromatic carbocycles. The molecule has 0 aliphatic heterocycles. The van der Waals surface area contributed by atoms with Crippen LogP contribution in [0.15, 0.2) is 29.6 Å². The van der Waals surface area contributed by atoms with E-state index >= 15 is 0 Å². The van der Waals surface area contributed by atoms with E-state index in [1.54, 1.807) is 24.5 Å². The van der Waals surface area contributed by atoms with Crippen LogP contribution in [0.1, 0.15) is 10.5 Å². The van der Waals surface area contributed by atoms with E-state index in [1.807, 2.05) is 0 Å². The van der Waals surface area contributed by atoms with Gasteiger partial charge in [-0.05, 0) is 24.5 Å². The van der Waals surface area contributed by atoms with Crippen LogP contribution in [-0.2, 0) is 0 Å². The SMILES string of the molecule is CSc1ncc(Cl)c(C(=O)Nc2cc(Cl)ccc2Cl)n1. The molecule has 0 radical (unpaired) electrons. The van der Waals surface area contributed by atoms with Crippen LogP contribution in [0.2, 0.25) is 15.1 Å². The van der Waals surface area contributed by atoms with E-state index in [0.717, 1.165) is 0 Å². The lowest BCUT2D eigenvalue weighted by molar-refractivity contribution is 0.102. The van der Waals surface area contributed by atoms with Crippen LogP contribution in [0.5, 0.6) is 0 Å². The Hall–Kier alpha value is -1.01. The zero-order chi connectivity index (χ0) is 14.7. The lowest BCUT2D eigenvalue weighted by atomic mass is 10.3. The molecule has 2 aromatic rings. The number of carbonyl (C=O) groups excluding carboxylic acids is 1. The van der Waals surface area contributed by atoms with Gasteiger partial charge in [0.2, 0.25) is 0 Å². The Bertz CT molecular complexity index is 666. The number of anilines is 1. The molecular formula is C12H8Cl3N3OS. The van der Waals surface area contributed by atoms with Gasteiger partial charge < -0.3 is 5.32 Å². The van der Waals surface area contributed by atoms with Crippen LogP contribution in [0, 0.1) is 0 Å². The number of halogens is 3. The Balaban J connectivity index is 2.30. The number of nitrogens with one attached hydrogen (secondary N) is 1. The first-order valence-corrected chi connectivity index (χ1v) is 7.70. The summed E-state index contributed by atoms with van der Waals surface area (Å²) in [6.45, 7) is 0. The molecule has 8 heteroatoms. The van der Waals surface area contributed by atoms with Crippen molar-refractivity contribution < 1.29 is 4.79 Å². The van der Waals surface area contributed by atoms with Gasteiger partial charge in [-0.25, -0.2) is 9.97 Å². The maximum Gasteiger partial charge on any atom is 0.276 e. The number of hydrogen-bond acceptors (Lipinski definition) is 4. The second kappa shape index (κ2) is 6.63. The molecular weight excluding hydrogens is 341 g/mol. The van der Waals surface area contributed by atoms with Gasteiger partial charge in [-0.1, -0.05) is 46.6 Å². The van der Waals surface area contributed by atoms with Gasteiger partial charge in [-0.15, -0.1) is 0 Å². The number of aromatic nitrogens is 2. The van der Waals surface area contributed by atoms with E-state index < -0.39 is 5.91 Å². The van der Waals surface area contributed by atoms with Gasteiger partial charge in [0.15, 0.2) is 10.9 Å². The molecule has 4 nitrogen and oxygen atoms in total. The molecule has 0 saturated heterocycles. The molecule has 0 bridgehead atoms. The first kappa shape index (κ1) is 15.4. The number of carbonyl (C=O) groups is 1. The fourth-order valence-electron chi connectivity index (χ4n) is 1.38. The van der Waals surface area contributed by atoms with E-state index in [1.165, 1.54) is 18.0 Å². The molecule has 0 fully saturated rings. The number of amides is 1. The largest absolute Gasteiger partial charge is 0.319 e. The lowest BCUT2D eigenvalue weighted by Gasteiger charge is -2.08. The minimum Gasteiger partial charge on any atom is -0.319 e. The number of hydrogen-bond donors (Lipinski definition) is 1. The third kappa shape index (κ3) is 3.55. The highest BCUT2D eigenvalue weighted by molar-refractivity contribution is 7.98. The summed E-state index contributed by atoms with van der Waals surface area (Å²) in [6.07, 6.45) is 3.19. The van der Waals surface area contributed by atoms with Gasteiger partial charge >= 0.3 is 0 Å². The quantitative estimate of drug-likeness (QED) is 0.659. The molecule has 1 amide bonds. The third-order valence-electron chi connectivity index (χ3n) is 2.30. The summed E-state index contributed by atoms with van der Waals surface area (Å²) in [7, 11) is 0. The number of rotatable bonds is 3. The van der Waals surface area contributed by atoms with Crippen molar-refractivity contribution in [1.82, 2.24) is 9.97 Å². The predicted octanol–water partition coefficient (Wildman–Crippen LogP) is 4.41. The Morgan fingerprint density at radius 3 is 2.70 bits per heavy atom. The van der Waals surface area contributed by atoms with Crippen molar-refractivity contribution in [2.75, 3.05) is 11.6 Å². The van der Waals surface area contributed by atoms with Gasteiger partial charge in [0.1, 0.15) is 0 Å². The summed E-state index contributed by atoms with van der Waals surface area (Å²) in [5.41, 5.74) is 0.478. The van der Waals surface area contributed by atoms with Crippen molar-refractivity contribution in [3.8, 4) is 0 Å². The predicted molar refractivity (Wildman–Crippen MR) is 83.2 cm³/mol. The van der Waals surface area contributed by atoms with E-state index in [0.29, 0.717) is 20.9 Å². The molecule has 0 atom stereocenters. The van der Waals surface area contributed by atoms with Crippen molar-refractivity contribution in [2.45, 2.75) is 5.16 Å². The third-order valence-corrected chi connectivity index (χ3v) is 3.70. The highest BCUT2D eigenvalue weighted by Crippen LogP contribution is 2.26. The molecule has 104 valence electrons. The molecule has 20 heavy (non-hydrogen) atoms. The van der Waals surface area contributed by atoms with Crippen LogP contribution in [-0.4, -0.2) is 22.1 Å². The van der Waals surface area contributed by atoms with Crippen molar-refractivity contribution in [3.63, 3.8) is 0 Å². The van der Waals surface area contributed by atoms with Crippen molar-refractivity contribution in [3.05, 3.63) is 45.2 Å². The Labute approximate surface area is 134 Å². The number of benzene rings is 1. The molecule has 0 aliphatic rings. The highest BCUT2D eigenvalue weighted by atomic mass is 35.5. The Morgan fingerprint density at radius 1 is 1.25 bits per heavy atom. The molecule has 0 unspecified atom stereocenters. The monoisotopic (exact) mass is 347 g/mol. The molecule has 1 heterocycles. The Morgan fingerprint density at radius 2 is 2.00 bits per heavy atom. The molecule has 1 N–H and O–H groups in total. The molecule has 2 rings (SSSR count). The van der Waals surface area contributed by atoms with Crippen LogP contribution in [0.4, 0.5) is 5.69 Å². The fourth-order valence-corrected chi connectivity index (χ4v) is 2.24. The summed E-state index contributed by atoms with van der Waals surface area (Å²) in [4.78, 5) is 20.2. The van der Waals surface area contributed by atoms with E-state index in [-0.39, 0.29) is 10.7 Å². The fraction of sp³-hybridized carbons (Fsp3) is 0.0833. The summed E-state index contributed by atoms with van der Waals surface area (Å²) >= 11 is 19.1. The minimum absolute atomic E-state index is 0.0852. The second-order valence-electron chi connectivity index (χ2n) is 3.63. The maximum absolute atomic E-state index is 12.2. The standard InChI is InChI=1S/C12H8Cl3N3OS/c1-20-12-16-5-8(15)10(18-12)11(19)17-9-4-6(13)2-3-7(9)14/h2-5H,1H3,(H,17,19). The van der Waals surface area contributed by atoms with Crippen LogP contribution >= 0.6 is 46.6 Å². The normalized spacial score (nSPS) is 10.4. The van der Waals surface area contributed by atoms with Crippen LogP contribution in [0.25, 0.3) is 0 Å². The van der Waals surface area contributed by atoms with E-state index in [9.17, 15) is 4.79 Å². The van der Waals surface area contributed by atoms with Gasteiger partial charge in [0.25, 0.3) is 5.91 Å². The first-order chi connectivity index (χ1) is 9.51. The molecule has 0 spiro atoms. The molecule has 0 saturated carbocycles. The van der Waals surface area contributed by atoms with Crippen LogP contribution in [0.3, 0.4) is 0 Å². The minimum atomic E-state index is -0.475. The maximum atomic E-state index is 12.2. The highest BCUT2D eigenvalue weighted by Gasteiger charge is 2.15. The number of nitrogens with zero attached hydrogens (tertiary/aromatic N) is 2. The van der Waals surface area contributed by atoms with Gasteiger partial charge in [0.05, 0.1) is 21.9 Å². The smallest absolute Gasteiger partial charge is 0.276 e. The van der Waals surface area contributed by atoms with Crippen molar-refractivity contribution in [1.29, 1.82) is 0 Å². The average molecular weight is 349 g/mol. The summed E-state index contributed by atoms with van der Waals surface area (Å²) in [5, 5.41) is 4.08. The van der Waals surface area contributed by atoms with E-state index in [2.05, 4.69) is 15.3 Å². The van der Waals surface area contributed by atoms with Crippen molar-refractivity contribution >= 4 is 58.2 Å². The number of thioether (sulfide) groups is 1. The topological polar surface area (TPSA) is 54.9 Å². The van der Waals surface area contributed by atoms with Gasteiger partial charge in [-0.3, -0.25) is 4.79 Å². The zero-order valence-corrected chi connectivity index (χ0v) is 13.2. The second-order valence-corrected chi connectivity index (χ2v) is 5.66. The summed E-state index contributed by atoms with van der Waals surface area (Å²) < 4.78 is 0. The summed E-state index contributed by atoms with van der Waals surface area (Å²) in [5.74, 6) is -0.475. The average Bonchev–Trinajstić information content (AvgIpc) is 2.43. The molecule has 1 aromatic heterocycles. The van der Waals surface area contributed by atoms with Gasteiger partial charge in [0, 0.05) is 5.02 Å². The molecule has 0 aliphatic carbocycles. The summed E-state index contributed by atoms with van der Waals surface area (Å²) in [6, 6.07) is 4.77. The van der Waals surface area contributed by atoms with Crippen molar-refractivity contribution in [2.24, 2.45) is 0 Å². The zero-order valence-electron chi connectivity index (χ0n) is 10.2. The lowest BCUT2D eigenvalue weighted by Crippen LogP contribution is -2.15. The first-order valence-electron chi connectivity index (χ1n) is 5.34. The van der Waals surface area contributed by atoms with E-state index in [4.69, 9.17) is 34.8 Å². The van der Waals surface area contributed by atoms with Gasteiger partial charge in [-0.2, -0.15) is 0 Å². The van der Waals surface area contributed by atoms with Crippen LogP contribution < -0.4 is 5.32 Å².